The molecule has 1 aliphatic heterocycles. The second kappa shape index (κ2) is 9.07. The van der Waals surface area contributed by atoms with Crippen LogP contribution in [-0.2, 0) is 14.8 Å². The minimum atomic E-state index is -3.67. The fraction of sp³-hybridized carbons (Fsp3) is 0.409. The molecule has 0 radical (unpaired) electrons. The predicted molar refractivity (Wildman–Crippen MR) is 112 cm³/mol. The van der Waals surface area contributed by atoms with Gasteiger partial charge < -0.3 is 10.1 Å². The van der Waals surface area contributed by atoms with Gasteiger partial charge in [0.25, 0.3) is 5.91 Å². The molecule has 1 fully saturated rings. The molecule has 0 aliphatic carbocycles. The lowest BCUT2D eigenvalue weighted by Crippen LogP contribution is -2.41. The standard InChI is InChI=1S/C22H28N2O4S/c1-4-20(18-8-5-16(2)6-9-18)23-22(25)19-10-7-17(3)21(15-19)29(26,27)24-11-13-28-14-12-24/h5-10,15,20H,4,11-14H2,1-3H3,(H,23,25)/t20-/m1/s1. The monoisotopic (exact) mass is 416 g/mol. The first-order valence-corrected chi connectivity index (χ1v) is 11.3. The number of carbonyl (C=O) groups is 1. The number of hydrogen-bond acceptors (Lipinski definition) is 4. The Morgan fingerprint density at radius 2 is 1.76 bits per heavy atom. The Morgan fingerprint density at radius 1 is 1.10 bits per heavy atom. The Morgan fingerprint density at radius 3 is 2.38 bits per heavy atom. The van der Waals surface area contributed by atoms with E-state index in [0.29, 0.717) is 37.4 Å². The normalized spacial score (nSPS) is 16.4. The van der Waals surface area contributed by atoms with Crippen molar-refractivity contribution in [1.29, 1.82) is 0 Å². The molecule has 0 bridgehead atoms. The summed E-state index contributed by atoms with van der Waals surface area (Å²) in [6.07, 6.45) is 0.736. The van der Waals surface area contributed by atoms with E-state index in [0.717, 1.165) is 17.5 Å². The van der Waals surface area contributed by atoms with Crippen molar-refractivity contribution < 1.29 is 17.9 Å². The van der Waals surface area contributed by atoms with E-state index in [1.807, 2.05) is 38.1 Å². The van der Waals surface area contributed by atoms with Gasteiger partial charge in [0.05, 0.1) is 24.2 Å². The van der Waals surface area contributed by atoms with Crippen molar-refractivity contribution in [3.05, 3.63) is 64.7 Å². The summed E-state index contributed by atoms with van der Waals surface area (Å²) in [6, 6.07) is 12.8. The quantitative estimate of drug-likeness (QED) is 0.785. The molecule has 1 N–H and O–H groups in total. The number of nitrogens with one attached hydrogen (secondary N) is 1. The van der Waals surface area contributed by atoms with Gasteiger partial charge in [0.1, 0.15) is 0 Å². The van der Waals surface area contributed by atoms with Crippen LogP contribution in [0.1, 0.15) is 46.4 Å². The first-order valence-electron chi connectivity index (χ1n) is 9.89. The van der Waals surface area contributed by atoms with E-state index in [9.17, 15) is 13.2 Å². The van der Waals surface area contributed by atoms with E-state index in [1.165, 1.54) is 10.4 Å². The second-order valence-corrected chi connectivity index (χ2v) is 9.25. The highest BCUT2D eigenvalue weighted by molar-refractivity contribution is 7.89. The average Bonchev–Trinajstić information content (AvgIpc) is 2.73. The molecule has 6 nitrogen and oxygen atoms in total. The van der Waals surface area contributed by atoms with Crippen molar-refractivity contribution >= 4 is 15.9 Å². The fourth-order valence-corrected chi connectivity index (χ4v) is 5.07. The minimum absolute atomic E-state index is 0.135. The molecule has 1 aliphatic rings. The Hall–Kier alpha value is -2.22. The highest BCUT2D eigenvalue weighted by atomic mass is 32.2. The number of amides is 1. The van der Waals surface area contributed by atoms with Crippen molar-refractivity contribution in [1.82, 2.24) is 9.62 Å². The maximum atomic E-state index is 13.1. The van der Waals surface area contributed by atoms with Crippen LogP contribution in [0.4, 0.5) is 0 Å². The molecule has 0 aromatic heterocycles. The van der Waals surface area contributed by atoms with Gasteiger partial charge in [0.15, 0.2) is 0 Å². The first kappa shape index (κ1) is 21.5. The summed E-state index contributed by atoms with van der Waals surface area (Å²) in [4.78, 5) is 13.1. The van der Waals surface area contributed by atoms with E-state index in [-0.39, 0.29) is 16.8 Å². The van der Waals surface area contributed by atoms with Gasteiger partial charge in [-0.1, -0.05) is 42.8 Å². The Bertz CT molecular complexity index is 965. The van der Waals surface area contributed by atoms with Gasteiger partial charge >= 0.3 is 0 Å². The third kappa shape index (κ3) is 4.86. The number of sulfonamides is 1. The number of nitrogens with zero attached hydrogens (tertiary/aromatic N) is 1. The van der Waals surface area contributed by atoms with Gasteiger partial charge in [0.2, 0.25) is 10.0 Å². The number of carbonyl (C=O) groups excluding carboxylic acids is 1. The molecule has 156 valence electrons. The van der Waals surface area contributed by atoms with Crippen LogP contribution in [-0.4, -0.2) is 44.9 Å². The van der Waals surface area contributed by atoms with E-state index in [1.54, 1.807) is 19.1 Å². The molecule has 29 heavy (non-hydrogen) atoms. The Kier molecular flexibility index (Phi) is 6.72. The van der Waals surface area contributed by atoms with Crippen molar-refractivity contribution in [3.63, 3.8) is 0 Å². The van der Waals surface area contributed by atoms with Crippen molar-refractivity contribution in [2.24, 2.45) is 0 Å². The lowest BCUT2D eigenvalue weighted by molar-refractivity contribution is 0.0730. The Balaban J connectivity index is 1.84. The second-order valence-electron chi connectivity index (χ2n) is 7.34. The lowest BCUT2D eigenvalue weighted by Gasteiger charge is -2.27. The van der Waals surface area contributed by atoms with E-state index < -0.39 is 10.0 Å². The molecule has 1 amide bonds. The SMILES string of the molecule is CC[C@@H](NC(=O)c1ccc(C)c(S(=O)(=O)N2CCOCC2)c1)c1ccc(C)cc1. The number of rotatable bonds is 6. The summed E-state index contributed by atoms with van der Waals surface area (Å²) >= 11 is 0. The largest absolute Gasteiger partial charge is 0.379 e. The lowest BCUT2D eigenvalue weighted by atomic mass is 10.0. The molecule has 1 heterocycles. The third-order valence-corrected chi connectivity index (χ3v) is 7.27. The van der Waals surface area contributed by atoms with Crippen LogP contribution in [0, 0.1) is 13.8 Å². The average molecular weight is 417 g/mol. The zero-order valence-corrected chi connectivity index (χ0v) is 18.0. The molecule has 2 aromatic rings. The topological polar surface area (TPSA) is 75.7 Å². The smallest absolute Gasteiger partial charge is 0.251 e. The number of benzene rings is 2. The highest BCUT2D eigenvalue weighted by Crippen LogP contribution is 2.23. The number of ether oxygens (including phenoxy) is 1. The summed E-state index contributed by atoms with van der Waals surface area (Å²) in [6.45, 7) is 7.18. The Labute approximate surface area is 172 Å². The van der Waals surface area contributed by atoms with Gasteiger partial charge in [-0.05, 0) is 43.5 Å². The summed E-state index contributed by atoms with van der Waals surface area (Å²) in [5.74, 6) is -0.282. The summed E-state index contributed by atoms with van der Waals surface area (Å²) in [5, 5.41) is 3.03. The molecule has 1 atom stereocenters. The maximum Gasteiger partial charge on any atom is 0.251 e. The van der Waals surface area contributed by atoms with Crippen LogP contribution < -0.4 is 5.32 Å². The molecule has 3 rings (SSSR count). The van der Waals surface area contributed by atoms with Gasteiger partial charge in [0, 0.05) is 18.7 Å². The highest BCUT2D eigenvalue weighted by Gasteiger charge is 2.28. The van der Waals surface area contributed by atoms with E-state index in [4.69, 9.17) is 4.74 Å². The maximum absolute atomic E-state index is 13.1. The van der Waals surface area contributed by atoms with Crippen LogP contribution in [0.5, 0.6) is 0 Å². The number of hydrogen-bond donors (Lipinski definition) is 1. The van der Waals surface area contributed by atoms with Crippen LogP contribution in [0.15, 0.2) is 47.4 Å². The molecule has 0 saturated carbocycles. The minimum Gasteiger partial charge on any atom is -0.379 e. The third-order valence-electron chi connectivity index (χ3n) is 5.23. The van der Waals surface area contributed by atoms with Gasteiger partial charge in [-0.25, -0.2) is 8.42 Å². The summed E-state index contributed by atoms with van der Waals surface area (Å²) in [5.41, 5.74) is 3.15. The molecule has 0 unspecified atom stereocenters. The van der Waals surface area contributed by atoms with Crippen molar-refractivity contribution in [2.45, 2.75) is 38.1 Å². The molecule has 7 heteroatoms. The molecular weight excluding hydrogens is 388 g/mol. The molecule has 2 aromatic carbocycles. The molecule has 0 spiro atoms. The van der Waals surface area contributed by atoms with Crippen molar-refractivity contribution in [2.75, 3.05) is 26.3 Å². The van der Waals surface area contributed by atoms with E-state index in [2.05, 4.69) is 5.32 Å². The van der Waals surface area contributed by atoms with Gasteiger partial charge in [-0.15, -0.1) is 0 Å². The van der Waals surface area contributed by atoms with Crippen molar-refractivity contribution in [3.8, 4) is 0 Å². The van der Waals surface area contributed by atoms with Gasteiger partial charge in [-0.3, -0.25) is 4.79 Å². The predicted octanol–water partition coefficient (Wildman–Crippen LogP) is 3.21. The number of aryl methyl sites for hydroxylation is 2. The first-order chi connectivity index (χ1) is 13.8. The van der Waals surface area contributed by atoms with Gasteiger partial charge in [-0.2, -0.15) is 4.31 Å². The summed E-state index contributed by atoms with van der Waals surface area (Å²) < 4.78 is 32.8. The fourth-order valence-electron chi connectivity index (χ4n) is 3.41. The van der Waals surface area contributed by atoms with Crippen LogP contribution >= 0.6 is 0 Å². The van der Waals surface area contributed by atoms with E-state index >= 15 is 0 Å². The molecular formula is C22H28N2O4S. The van der Waals surface area contributed by atoms with Crippen LogP contribution in [0.2, 0.25) is 0 Å². The molecule has 1 saturated heterocycles. The van der Waals surface area contributed by atoms with Crippen LogP contribution in [0.3, 0.4) is 0 Å². The number of morpholine rings is 1. The zero-order valence-electron chi connectivity index (χ0n) is 17.1. The summed E-state index contributed by atoms with van der Waals surface area (Å²) in [7, 11) is -3.67. The zero-order chi connectivity index (χ0) is 21.0. The van der Waals surface area contributed by atoms with Crippen LogP contribution in [0.25, 0.3) is 0 Å².